The number of hydrogen-bond acceptors (Lipinski definition) is 6. The number of halogens is 1. The van der Waals surface area contributed by atoms with Crippen LogP contribution < -0.4 is 11.0 Å². The van der Waals surface area contributed by atoms with Crippen LogP contribution in [0.25, 0.3) is 11.0 Å². The van der Waals surface area contributed by atoms with Gasteiger partial charge >= 0.3 is 11.7 Å². The second kappa shape index (κ2) is 9.02. The highest BCUT2D eigenvalue weighted by molar-refractivity contribution is 6.31. The lowest BCUT2D eigenvalue weighted by atomic mass is 10.2. The van der Waals surface area contributed by atoms with Crippen molar-refractivity contribution < 1.29 is 14.6 Å². The maximum absolute atomic E-state index is 12.8. The minimum absolute atomic E-state index is 0.0982. The third-order valence-corrected chi connectivity index (χ3v) is 5.85. The zero-order chi connectivity index (χ0) is 22.8. The van der Waals surface area contributed by atoms with Crippen LogP contribution in [0, 0.1) is 17.2 Å². The summed E-state index contributed by atoms with van der Waals surface area (Å²) in [5, 5.41) is 22.1. The van der Waals surface area contributed by atoms with E-state index in [4.69, 9.17) is 16.3 Å². The summed E-state index contributed by atoms with van der Waals surface area (Å²) in [6, 6.07) is 9.04. The Morgan fingerprint density at radius 2 is 2.19 bits per heavy atom. The van der Waals surface area contributed by atoms with Crippen molar-refractivity contribution in [1.29, 1.82) is 5.26 Å². The number of carboxylic acid groups (broad SMARTS) is 1. The Kier molecular flexibility index (Phi) is 6.17. The lowest BCUT2D eigenvalue weighted by Crippen LogP contribution is -2.29. The fourth-order valence-corrected chi connectivity index (χ4v) is 3.77. The summed E-state index contributed by atoms with van der Waals surface area (Å²) in [5.74, 6) is -0.578. The lowest BCUT2D eigenvalue weighted by Gasteiger charge is -2.14. The molecule has 166 valence electrons. The third-order valence-electron chi connectivity index (χ3n) is 5.56. The van der Waals surface area contributed by atoms with Crippen LogP contribution in [0.15, 0.2) is 35.3 Å². The molecule has 2 aromatic heterocycles. The monoisotopic (exact) mass is 455 g/mol. The zero-order valence-corrected chi connectivity index (χ0v) is 18.2. The maximum atomic E-state index is 12.8. The van der Waals surface area contributed by atoms with Crippen molar-refractivity contribution in [2.75, 3.05) is 11.9 Å². The number of nitrogens with zero attached hydrogens (tertiary/aromatic N) is 4. The molecule has 4 rings (SSSR count). The Hall–Kier alpha value is -3.35. The molecule has 1 unspecified atom stereocenters. The number of anilines is 2. The van der Waals surface area contributed by atoms with Crippen LogP contribution >= 0.6 is 11.6 Å². The molecule has 0 aliphatic heterocycles. The number of benzene rings is 1. The molecule has 1 aromatic carbocycles. The molecule has 1 saturated carbocycles. The van der Waals surface area contributed by atoms with Crippen LogP contribution in [0.2, 0.25) is 5.15 Å². The van der Waals surface area contributed by atoms with E-state index in [1.165, 1.54) is 10.8 Å². The summed E-state index contributed by atoms with van der Waals surface area (Å²) in [7, 11) is 1.67. The normalized spacial score (nSPS) is 14.3. The van der Waals surface area contributed by atoms with Crippen LogP contribution in [-0.2, 0) is 23.1 Å². The first-order valence-electron chi connectivity index (χ1n) is 10.2. The molecule has 9 nitrogen and oxygen atoms in total. The van der Waals surface area contributed by atoms with Gasteiger partial charge < -0.3 is 15.2 Å². The van der Waals surface area contributed by atoms with Crippen LogP contribution in [0.1, 0.15) is 24.8 Å². The molecule has 0 radical (unpaired) electrons. The predicted molar refractivity (Wildman–Crippen MR) is 119 cm³/mol. The van der Waals surface area contributed by atoms with Crippen LogP contribution in [-0.4, -0.2) is 37.9 Å². The van der Waals surface area contributed by atoms with Gasteiger partial charge in [-0.25, -0.2) is 14.6 Å². The van der Waals surface area contributed by atoms with Gasteiger partial charge in [0.1, 0.15) is 16.8 Å². The lowest BCUT2D eigenvalue weighted by molar-refractivity contribution is -0.151. The summed E-state index contributed by atoms with van der Waals surface area (Å²) in [6.45, 7) is 0.636. The number of aromatic nitrogens is 3. The number of nitrogens with one attached hydrogen (secondary N) is 1. The molecule has 10 heteroatoms. The number of ether oxygens (including phenoxy) is 1. The summed E-state index contributed by atoms with van der Waals surface area (Å²) in [4.78, 5) is 28.3. The van der Waals surface area contributed by atoms with Gasteiger partial charge in [0, 0.05) is 31.9 Å². The van der Waals surface area contributed by atoms with Crippen LogP contribution in [0.5, 0.6) is 0 Å². The Bertz CT molecular complexity index is 1270. The molecule has 1 atom stereocenters. The first-order valence-corrected chi connectivity index (χ1v) is 10.6. The fraction of sp³-hybridized carbons (Fsp3) is 0.364. The maximum Gasteiger partial charge on any atom is 0.332 e. The molecule has 2 heterocycles. The molecule has 3 aromatic rings. The highest BCUT2D eigenvalue weighted by Crippen LogP contribution is 2.30. The Balaban J connectivity index is 1.61. The van der Waals surface area contributed by atoms with E-state index in [2.05, 4.69) is 10.3 Å². The highest BCUT2D eigenvalue weighted by atomic mass is 35.5. The van der Waals surface area contributed by atoms with E-state index in [9.17, 15) is 20.0 Å². The van der Waals surface area contributed by atoms with Crippen molar-refractivity contribution in [1.82, 2.24) is 14.1 Å². The van der Waals surface area contributed by atoms with Gasteiger partial charge in [-0.05, 0) is 43.0 Å². The number of pyridine rings is 1. The first-order chi connectivity index (χ1) is 15.4. The Morgan fingerprint density at radius 1 is 1.41 bits per heavy atom. The highest BCUT2D eigenvalue weighted by Gasteiger charge is 2.26. The molecular formula is C22H22ClN5O4. The molecule has 1 aliphatic carbocycles. The molecule has 0 spiro atoms. The SMILES string of the molecule is Cn1c(=O)n(CCC(OCC2CC2)C(=O)O)c2cc(Nc3ccnc(Cl)c3C#N)ccc21. The fourth-order valence-electron chi connectivity index (χ4n) is 3.57. The van der Waals surface area contributed by atoms with Crippen molar-refractivity contribution in [3.63, 3.8) is 0 Å². The standard InChI is InChI=1S/C22H22ClN5O4/c1-27-17-5-4-14(26-16-6-8-25-20(23)15(16)11-24)10-18(17)28(22(27)31)9-7-19(21(29)30)32-12-13-2-3-13/h4-6,8,10,13,19H,2-3,7,9,12H2,1H3,(H,25,26)(H,29,30). The average Bonchev–Trinajstić information content (AvgIpc) is 3.56. The van der Waals surface area contributed by atoms with E-state index in [0.29, 0.717) is 34.9 Å². The first kappa shape index (κ1) is 21.9. The second-order valence-electron chi connectivity index (χ2n) is 7.85. The third kappa shape index (κ3) is 4.47. The number of aryl methyl sites for hydroxylation is 2. The largest absolute Gasteiger partial charge is 0.479 e. The summed E-state index contributed by atoms with van der Waals surface area (Å²) < 4.78 is 8.63. The molecular weight excluding hydrogens is 434 g/mol. The molecule has 2 N–H and O–H groups in total. The molecule has 32 heavy (non-hydrogen) atoms. The summed E-state index contributed by atoms with van der Waals surface area (Å²) >= 11 is 6.00. The summed E-state index contributed by atoms with van der Waals surface area (Å²) in [6.07, 6.45) is 2.85. The van der Waals surface area contributed by atoms with Gasteiger partial charge in [-0.15, -0.1) is 0 Å². The molecule has 0 bridgehead atoms. The number of rotatable bonds is 9. The van der Waals surface area contributed by atoms with Gasteiger partial charge in [0.25, 0.3) is 0 Å². The van der Waals surface area contributed by atoms with Gasteiger partial charge in [0.2, 0.25) is 0 Å². The number of fused-ring (bicyclic) bond motifs is 1. The van der Waals surface area contributed by atoms with E-state index in [-0.39, 0.29) is 29.4 Å². The number of nitriles is 1. The van der Waals surface area contributed by atoms with Crippen molar-refractivity contribution in [3.05, 3.63) is 51.7 Å². The zero-order valence-electron chi connectivity index (χ0n) is 17.4. The van der Waals surface area contributed by atoms with Crippen molar-refractivity contribution in [2.45, 2.75) is 31.9 Å². The predicted octanol–water partition coefficient (Wildman–Crippen LogP) is 3.27. The molecule has 0 amide bonds. The van der Waals surface area contributed by atoms with Gasteiger partial charge in [0.05, 0.1) is 23.3 Å². The number of hydrogen-bond donors (Lipinski definition) is 2. The van der Waals surface area contributed by atoms with Crippen molar-refractivity contribution in [2.24, 2.45) is 13.0 Å². The molecule has 1 aliphatic rings. The van der Waals surface area contributed by atoms with Gasteiger partial charge in [-0.1, -0.05) is 11.6 Å². The van der Waals surface area contributed by atoms with E-state index < -0.39 is 12.1 Å². The van der Waals surface area contributed by atoms with Gasteiger partial charge in [0.15, 0.2) is 6.10 Å². The van der Waals surface area contributed by atoms with E-state index in [0.717, 1.165) is 12.8 Å². The number of aliphatic carboxylic acids is 1. The van der Waals surface area contributed by atoms with Crippen LogP contribution in [0.3, 0.4) is 0 Å². The molecule has 0 saturated heterocycles. The van der Waals surface area contributed by atoms with Crippen molar-refractivity contribution >= 4 is 40.0 Å². The van der Waals surface area contributed by atoms with Gasteiger partial charge in [-0.2, -0.15) is 5.26 Å². The number of carbonyl (C=O) groups is 1. The quantitative estimate of drug-likeness (QED) is 0.474. The van der Waals surface area contributed by atoms with E-state index in [1.807, 2.05) is 6.07 Å². The average molecular weight is 456 g/mol. The minimum Gasteiger partial charge on any atom is -0.479 e. The van der Waals surface area contributed by atoms with Crippen LogP contribution in [0.4, 0.5) is 11.4 Å². The summed E-state index contributed by atoms with van der Waals surface area (Å²) in [5.41, 5.74) is 2.48. The van der Waals surface area contributed by atoms with E-state index in [1.54, 1.807) is 35.9 Å². The van der Waals surface area contributed by atoms with E-state index >= 15 is 0 Å². The smallest absolute Gasteiger partial charge is 0.332 e. The van der Waals surface area contributed by atoms with Gasteiger partial charge in [-0.3, -0.25) is 9.13 Å². The Labute approximate surface area is 188 Å². The number of carboxylic acids is 1. The second-order valence-corrected chi connectivity index (χ2v) is 8.21. The molecule has 1 fully saturated rings. The topological polar surface area (TPSA) is 122 Å². The minimum atomic E-state index is -1.03. The Morgan fingerprint density at radius 3 is 2.88 bits per heavy atom. The van der Waals surface area contributed by atoms with Crippen molar-refractivity contribution in [3.8, 4) is 6.07 Å². The number of imidazole rings is 1.